The van der Waals surface area contributed by atoms with E-state index in [4.69, 9.17) is 4.42 Å². The van der Waals surface area contributed by atoms with Crippen LogP contribution in [0.25, 0.3) is 39.6 Å². The van der Waals surface area contributed by atoms with Crippen molar-refractivity contribution in [2.75, 3.05) is 0 Å². The maximum atomic E-state index is 13.1. The van der Waals surface area contributed by atoms with Crippen molar-refractivity contribution in [1.82, 2.24) is 24.5 Å². The monoisotopic (exact) mass is 503 g/mol. The largest absolute Gasteiger partial charge is 0.451 e. The molecule has 13 heteroatoms. The lowest BCUT2D eigenvalue weighted by Crippen LogP contribution is -2.19. The first-order chi connectivity index (χ1) is 17.0. The van der Waals surface area contributed by atoms with Crippen molar-refractivity contribution in [3.05, 3.63) is 88.9 Å². The number of aromatic nitrogens is 5. The minimum Gasteiger partial charge on any atom is -0.432 e. The molecule has 182 valence electrons. The van der Waals surface area contributed by atoms with E-state index in [1.54, 1.807) is 18.2 Å². The summed E-state index contributed by atoms with van der Waals surface area (Å²) in [5.41, 5.74) is -1.73. The van der Waals surface area contributed by atoms with Crippen molar-refractivity contribution >= 4 is 10.9 Å². The predicted molar refractivity (Wildman–Crippen MR) is 114 cm³/mol. The number of benzene rings is 1. The molecule has 0 radical (unpaired) electrons. The summed E-state index contributed by atoms with van der Waals surface area (Å²) >= 11 is 0. The normalized spacial score (nSPS) is 12.3. The average molecular weight is 503 g/mol. The van der Waals surface area contributed by atoms with Gasteiger partial charge in [0.2, 0.25) is 11.7 Å². The molecule has 0 aliphatic carbocycles. The first-order valence-corrected chi connectivity index (χ1v) is 10.1. The van der Waals surface area contributed by atoms with E-state index in [-0.39, 0.29) is 28.4 Å². The maximum absolute atomic E-state index is 13.1. The van der Waals surface area contributed by atoms with E-state index in [9.17, 15) is 31.1 Å². The van der Waals surface area contributed by atoms with Crippen LogP contribution in [0.1, 0.15) is 11.4 Å². The number of hydrogen-bond donors (Lipinski definition) is 0. The summed E-state index contributed by atoms with van der Waals surface area (Å²) in [7, 11) is 0. The third-order valence-corrected chi connectivity index (χ3v) is 5.10. The SMILES string of the molecule is O=c1c2ncccc2ccn1-c1nc(-c2ccnc(C(F)(F)F)n2)oc1-c1ccc(C(F)(F)F)cc1. The van der Waals surface area contributed by atoms with E-state index < -0.39 is 35.2 Å². The lowest BCUT2D eigenvalue weighted by molar-refractivity contribution is -0.145. The molecule has 0 amide bonds. The lowest BCUT2D eigenvalue weighted by Gasteiger charge is -2.08. The third-order valence-electron chi connectivity index (χ3n) is 5.10. The first kappa shape index (κ1) is 23.2. The van der Waals surface area contributed by atoms with E-state index in [1.165, 1.54) is 12.4 Å². The number of hydrogen-bond acceptors (Lipinski definition) is 6. The molecule has 0 fully saturated rings. The van der Waals surface area contributed by atoms with Crippen LogP contribution in [0, 0.1) is 0 Å². The van der Waals surface area contributed by atoms with E-state index in [0.717, 1.165) is 41.1 Å². The molecule has 4 heterocycles. The highest BCUT2D eigenvalue weighted by molar-refractivity contribution is 5.78. The van der Waals surface area contributed by atoms with Crippen LogP contribution in [0.4, 0.5) is 26.3 Å². The number of fused-ring (bicyclic) bond motifs is 1. The Kier molecular flexibility index (Phi) is 5.34. The first-order valence-electron chi connectivity index (χ1n) is 10.1. The molecule has 0 N–H and O–H groups in total. The molecule has 5 aromatic rings. The second kappa shape index (κ2) is 8.29. The van der Waals surface area contributed by atoms with Crippen LogP contribution in [-0.4, -0.2) is 24.5 Å². The Morgan fingerprint density at radius 1 is 0.806 bits per heavy atom. The quantitative estimate of drug-likeness (QED) is 0.301. The van der Waals surface area contributed by atoms with Gasteiger partial charge in [-0.1, -0.05) is 18.2 Å². The molecule has 36 heavy (non-hydrogen) atoms. The molecule has 0 unspecified atom stereocenters. The van der Waals surface area contributed by atoms with Gasteiger partial charge in [0.15, 0.2) is 11.6 Å². The van der Waals surface area contributed by atoms with Gasteiger partial charge in [-0.25, -0.2) is 9.97 Å². The van der Waals surface area contributed by atoms with Gasteiger partial charge < -0.3 is 4.42 Å². The molecule has 7 nitrogen and oxygen atoms in total. The van der Waals surface area contributed by atoms with Crippen molar-refractivity contribution in [2.24, 2.45) is 0 Å². The Labute approximate surface area is 196 Å². The van der Waals surface area contributed by atoms with E-state index in [0.29, 0.717) is 5.39 Å². The molecule has 0 saturated heterocycles. The Morgan fingerprint density at radius 3 is 2.25 bits per heavy atom. The highest BCUT2D eigenvalue weighted by Crippen LogP contribution is 2.35. The van der Waals surface area contributed by atoms with Crippen LogP contribution < -0.4 is 5.56 Å². The summed E-state index contributed by atoms with van der Waals surface area (Å²) in [4.78, 5) is 28.0. The van der Waals surface area contributed by atoms with Crippen LogP contribution in [0.2, 0.25) is 0 Å². The van der Waals surface area contributed by atoms with Crippen molar-refractivity contribution in [3.8, 4) is 28.7 Å². The molecule has 5 rings (SSSR count). The van der Waals surface area contributed by atoms with Crippen molar-refractivity contribution in [1.29, 1.82) is 0 Å². The van der Waals surface area contributed by atoms with E-state index in [2.05, 4.69) is 19.9 Å². The van der Waals surface area contributed by atoms with Gasteiger partial charge in [0, 0.05) is 29.5 Å². The lowest BCUT2D eigenvalue weighted by atomic mass is 10.1. The second-order valence-electron chi connectivity index (χ2n) is 7.44. The number of alkyl halides is 6. The van der Waals surface area contributed by atoms with Gasteiger partial charge in [-0.2, -0.15) is 31.3 Å². The fourth-order valence-electron chi connectivity index (χ4n) is 3.43. The van der Waals surface area contributed by atoms with Crippen LogP contribution >= 0.6 is 0 Å². The fourth-order valence-corrected chi connectivity index (χ4v) is 3.43. The van der Waals surface area contributed by atoms with Gasteiger partial charge in [-0.05, 0) is 30.3 Å². The van der Waals surface area contributed by atoms with Gasteiger partial charge in [-0.15, -0.1) is 0 Å². The van der Waals surface area contributed by atoms with Crippen LogP contribution in [0.15, 0.2) is 76.3 Å². The molecular weight excluding hydrogens is 492 g/mol. The highest BCUT2D eigenvalue weighted by atomic mass is 19.4. The Morgan fingerprint density at radius 2 is 1.56 bits per heavy atom. The number of rotatable bonds is 3. The van der Waals surface area contributed by atoms with Gasteiger partial charge >= 0.3 is 12.4 Å². The molecule has 0 aliphatic rings. The zero-order chi connectivity index (χ0) is 25.7. The standard InChI is InChI=1S/C23H11F6N5O2/c24-22(25,26)14-5-3-13(4-6-14)17-18(34-11-8-12-2-1-9-30-16(12)20(34)35)33-19(36-17)15-7-10-31-21(32-15)23(27,28)29/h1-11H. The van der Waals surface area contributed by atoms with Crippen molar-refractivity contribution < 1.29 is 30.8 Å². The highest BCUT2D eigenvalue weighted by Gasteiger charge is 2.35. The van der Waals surface area contributed by atoms with Crippen LogP contribution in [0.5, 0.6) is 0 Å². The molecular formula is C23H11F6N5O2. The zero-order valence-corrected chi connectivity index (χ0v) is 17.7. The van der Waals surface area contributed by atoms with Gasteiger partial charge in [0.1, 0.15) is 11.2 Å². The second-order valence-corrected chi connectivity index (χ2v) is 7.44. The van der Waals surface area contributed by atoms with Gasteiger partial charge in [0.05, 0.1) is 5.56 Å². The summed E-state index contributed by atoms with van der Waals surface area (Å²) in [6.45, 7) is 0. The Bertz CT molecular complexity index is 1640. The topological polar surface area (TPSA) is 86.7 Å². The smallest absolute Gasteiger partial charge is 0.432 e. The third kappa shape index (κ3) is 4.19. The molecule has 0 spiro atoms. The van der Waals surface area contributed by atoms with Gasteiger partial charge in [0.25, 0.3) is 5.56 Å². The molecule has 0 bridgehead atoms. The molecule has 0 saturated carbocycles. The fraction of sp³-hybridized carbons (Fsp3) is 0.0870. The van der Waals surface area contributed by atoms with E-state index in [1.807, 2.05) is 0 Å². The Balaban J connectivity index is 1.72. The molecule has 0 atom stereocenters. The van der Waals surface area contributed by atoms with Crippen LogP contribution in [0.3, 0.4) is 0 Å². The number of pyridine rings is 2. The minimum atomic E-state index is -4.84. The van der Waals surface area contributed by atoms with E-state index >= 15 is 0 Å². The zero-order valence-electron chi connectivity index (χ0n) is 17.7. The number of oxazole rings is 1. The number of halogens is 6. The molecule has 0 aliphatic heterocycles. The summed E-state index contributed by atoms with van der Waals surface area (Å²) < 4.78 is 85.2. The Hall–Kier alpha value is -4.55. The summed E-state index contributed by atoms with van der Waals surface area (Å²) in [6, 6.07) is 9.76. The van der Waals surface area contributed by atoms with Gasteiger partial charge in [-0.3, -0.25) is 14.3 Å². The summed E-state index contributed by atoms with van der Waals surface area (Å²) in [5.74, 6) is -2.18. The van der Waals surface area contributed by atoms with Crippen molar-refractivity contribution in [3.63, 3.8) is 0 Å². The van der Waals surface area contributed by atoms with Crippen molar-refractivity contribution in [2.45, 2.75) is 12.4 Å². The summed E-state index contributed by atoms with van der Waals surface area (Å²) in [5, 5.41) is 0.518. The minimum absolute atomic E-state index is 0.0734. The predicted octanol–water partition coefficient (Wildman–Crippen LogP) is 5.54. The summed E-state index contributed by atoms with van der Waals surface area (Å²) in [6.07, 6.45) is -5.83. The molecule has 1 aromatic carbocycles. The number of nitrogens with zero attached hydrogens (tertiary/aromatic N) is 5. The molecule has 4 aromatic heterocycles. The average Bonchev–Trinajstić information content (AvgIpc) is 3.29. The van der Waals surface area contributed by atoms with Crippen LogP contribution in [-0.2, 0) is 12.4 Å². The maximum Gasteiger partial charge on any atom is 0.451 e.